The van der Waals surface area contributed by atoms with Gasteiger partial charge in [0, 0.05) is 4.83 Å². The molecule has 0 aromatic rings. The molecular weight excluding hydrogens is 152 g/mol. The van der Waals surface area contributed by atoms with Gasteiger partial charge < -0.3 is 0 Å². The van der Waals surface area contributed by atoms with E-state index in [1.54, 1.807) is 0 Å². The number of alkyl halides is 1. The molecule has 1 atom stereocenters. The SMILES string of the molecule is C=C1CCCC1Br. The van der Waals surface area contributed by atoms with Crippen molar-refractivity contribution in [3.63, 3.8) is 0 Å². The van der Waals surface area contributed by atoms with E-state index in [1.165, 1.54) is 24.8 Å². The fraction of sp³-hybridized carbons (Fsp3) is 0.667. The van der Waals surface area contributed by atoms with Crippen LogP contribution in [0.3, 0.4) is 0 Å². The maximum Gasteiger partial charge on any atom is 0.0352 e. The van der Waals surface area contributed by atoms with Gasteiger partial charge in [-0.05, 0) is 19.3 Å². The van der Waals surface area contributed by atoms with Crippen LogP contribution in [-0.4, -0.2) is 4.83 Å². The lowest BCUT2D eigenvalue weighted by Crippen LogP contribution is -1.87. The first kappa shape index (κ1) is 5.36. The number of hydrogen-bond donors (Lipinski definition) is 0. The molecule has 0 bridgehead atoms. The van der Waals surface area contributed by atoms with Crippen LogP contribution in [0.1, 0.15) is 19.3 Å². The van der Waals surface area contributed by atoms with Crippen LogP contribution >= 0.6 is 15.9 Å². The first-order valence-electron chi connectivity index (χ1n) is 2.62. The van der Waals surface area contributed by atoms with Gasteiger partial charge >= 0.3 is 0 Å². The monoisotopic (exact) mass is 160 g/mol. The molecule has 0 aliphatic heterocycles. The Morgan fingerprint density at radius 2 is 2.43 bits per heavy atom. The molecule has 1 aliphatic rings. The Morgan fingerprint density at radius 1 is 1.71 bits per heavy atom. The molecule has 1 saturated carbocycles. The average molecular weight is 161 g/mol. The Labute approximate surface area is 52.7 Å². The predicted molar refractivity (Wildman–Crippen MR) is 35.7 cm³/mol. The number of rotatable bonds is 0. The summed E-state index contributed by atoms with van der Waals surface area (Å²) in [7, 11) is 0. The van der Waals surface area contributed by atoms with Crippen LogP contribution in [0.25, 0.3) is 0 Å². The minimum atomic E-state index is 0.632. The van der Waals surface area contributed by atoms with Crippen molar-refractivity contribution in [2.45, 2.75) is 24.1 Å². The Kier molecular flexibility index (Phi) is 1.53. The topological polar surface area (TPSA) is 0 Å². The lowest BCUT2D eigenvalue weighted by atomic mass is 10.3. The van der Waals surface area contributed by atoms with Crippen LogP contribution in [0, 0.1) is 0 Å². The highest BCUT2D eigenvalue weighted by atomic mass is 79.9. The van der Waals surface area contributed by atoms with E-state index in [4.69, 9.17) is 0 Å². The largest absolute Gasteiger partial charge is 0.0987 e. The summed E-state index contributed by atoms with van der Waals surface area (Å²) in [5, 5.41) is 0. The summed E-state index contributed by atoms with van der Waals surface area (Å²) >= 11 is 3.50. The van der Waals surface area contributed by atoms with Crippen LogP contribution in [0.5, 0.6) is 0 Å². The zero-order valence-electron chi connectivity index (χ0n) is 4.28. The molecular formula is C6H9Br. The van der Waals surface area contributed by atoms with Gasteiger partial charge in [-0.2, -0.15) is 0 Å². The van der Waals surface area contributed by atoms with Crippen LogP contribution in [-0.2, 0) is 0 Å². The Hall–Kier alpha value is 0.220. The van der Waals surface area contributed by atoms with Crippen LogP contribution in [0.2, 0.25) is 0 Å². The summed E-state index contributed by atoms with van der Waals surface area (Å²) in [5.74, 6) is 0. The van der Waals surface area contributed by atoms with E-state index in [0.717, 1.165) is 0 Å². The molecule has 1 unspecified atom stereocenters. The zero-order chi connectivity index (χ0) is 5.28. The molecule has 0 nitrogen and oxygen atoms in total. The number of halogens is 1. The quantitative estimate of drug-likeness (QED) is 0.378. The van der Waals surface area contributed by atoms with Crippen molar-refractivity contribution < 1.29 is 0 Å². The summed E-state index contributed by atoms with van der Waals surface area (Å²) in [6, 6.07) is 0. The number of hydrogen-bond acceptors (Lipinski definition) is 0. The van der Waals surface area contributed by atoms with Crippen molar-refractivity contribution in [3.05, 3.63) is 12.2 Å². The van der Waals surface area contributed by atoms with Crippen LogP contribution in [0.4, 0.5) is 0 Å². The van der Waals surface area contributed by atoms with E-state index in [1.807, 2.05) is 0 Å². The molecule has 0 heterocycles. The Bertz CT molecular complexity index is 86.2. The fourth-order valence-electron chi connectivity index (χ4n) is 0.869. The lowest BCUT2D eigenvalue weighted by Gasteiger charge is -1.95. The fourth-order valence-corrected chi connectivity index (χ4v) is 1.42. The average Bonchev–Trinajstić information content (AvgIpc) is 1.91. The second-order valence-electron chi connectivity index (χ2n) is 2.02. The van der Waals surface area contributed by atoms with Gasteiger partial charge in [0.25, 0.3) is 0 Å². The second-order valence-corrected chi connectivity index (χ2v) is 3.12. The molecule has 0 radical (unpaired) electrons. The summed E-state index contributed by atoms with van der Waals surface area (Å²) in [6.45, 7) is 3.89. The van der Waals surface area contributed by atoms with E-state index in [0.29, 0.717) is 4.83 Å². The van der Waals surface area contributed by atoms with Gasteiger partial charge in [0.05, 0.1) is 0 Å². The summed E-state index contributed by atoms with van der Waals surface area (Å²) < 4.78 is 0. The maximum absolute atomic E-state index is 3.89. The van der Waals surface area contributed by atoms with Gasteiger partial charge in [-0.3, -0.25) is 0 Å². The molecule has 0 N–H and O–H groups in total. The second kappa shape index (κ2) is 1.99. The first-order chi connectivity index (χ1) is 3.30. The Balaban J connectivity index is 2.48. The minimum Gasteiger partial charge on any atom is -0.0987 e. The third kappa shape index (κ3) is 1.06. The van der Waals surface area contributed by atoms with Crippen molar-refractivity contribution >= 4 is 15.9 Å². The standard InChI is InChI=1S/C6H9Br/c1-5-3-2-4-6(5)7/h6H,1-4H2. The van der Waals surface area contributed by atoms with Gasteiger partial charge in [-0.25, -0.2) is 0 Å². The first-order valence-corrected chi connectivity index (χ1v) is 3.54. The van der Waals surface area contributed by atoms with Crippen molar-refractivity contribution in [1.29, 1.82) is 0 Å². The molecule has 1 heteroatoms. The molecule has 0 spiro atoms. The van der Waals surface area contributed by atoms with Gasteiger partial charge in [0.2, 0.25) is 0 Å². The van der Waals surface area contributed by atoms with Crippen LogP contribution in [0.15, 0.2) is 12.2 Å². The third-order valence-corrected chi connectivity index (χ3v) is 2.50. The van der Waals surface area contributed by atoms with E-state index < -0.39 is 0 Å². The molecule has 1 fully saturated rings. The lowest BCUT2D eigenvalue weighted by molar-refractivity contribution is 0.898. The molecule has 0 amide bonds. The van der Waals surface area contributed by atoms with Gasteiger partial charge in [-0.15, -0.1) is 0 Å². The zero-order valence-corrected chi connectivity index (χ0v) is 5.87. The molecule has 0 saturated heterocycles. The molecule has 0 aromatic carbocycles. The summed E-state index contributed by atoms with van der Waals surface area (Å²) in [5.41, 5.74) is 1.38. The van der Waals surface area contributed by atoms with Crippen LogP contribution < -0.4 is 0 Å². The number of allylic oxidation sites excluding steroid dienone is 1. The van der Waals surface area contributed by atoms with Crippen molar-refractivity contribution in [1.82, 2.24) is 0 Å². The van der Waals surface area contributed by atoms with Gasteiger partial charge in [0.15, 0.2) is 0 Å². The van der Waals surface area contributed by atoms with Gasteiger partial charge in [0.1, 0.15) is 0 Å². The molecule has 1 rings (SSSR count). The van der Waals surface area contributed by atoms with E-state index in [2.05, 4.69) is 22.5 Å². The maximum atomic E-state index is 3.89. The smallest absolute Gasteiger partial charge is 0.0352 e. The van der Waals surface area contributed by atoms with Crippen molar-refractivity contribution in [2.24, 2.45) is 0 Å². The Morgan fingerprint density at radius 3 is 2.57 bits per heavy atom. The third-order valence-electron chi connectivity index (χ3n) is 1.40. The highest BCUT2D eigenvalue weighted by Crippen LogP contribution is 2.28. The summed E-state index contributed by atoms with van der Waals surface area (Å²) in [4.78, 5) is 0.632. The van der Waals surface area contributed by atoms with E-state index >= 15 is 0 Å². The highest BCUT2D eigenvalue weighted by molar-refractivity contribution is 9.09. The van der Waals surface area contributed by atoms with Crippen molar-refractivity contribution in [2.75, 3.05) is 0 Å². The van der Waals surface area contributed by atoms with Crippen molar-refractivity contribution in [3.8, 4) is 0 Å². The summed E-state index contributed by atoms with van der Waals surface area (Å²) in [6.07, 6.45) is 3.85. The van der Waals surface area contributed by atoms with Gasteiger partial charge in [-0.1, -0.05) is 28.1 Å². The van der Waals surface area contributed by atoms with E-state index in [9.17, 15) is 0 Å². The predicted octanol–water partition coefficient (Wildman–Crippen LogP) is 2.49. The van der Waals surface area contributed by atoms with E-state index in [-0.39, 0.29) is 0 Å². The molecule has 7 heavy (non-hydrogen) atoms. The highest BCUT2D eigenvalue weighted by Gasteiger charge is 2.14. The molecule has 0 aromatic heterocycles. The molecule has 1 aliphatic carbocycles. The minimum absolute atomic E-state index is 0.632. The normalized spacial score (nSPS) is 31.6. The molecule has 40 valence electrons.